The summed E-state index contributed by atoms with van der Waals surface area (Å²) in [4.78, 5) is 42.2. The van der Waals surface area contributed by atoms with Gasteiger partial charge in [-0.2, -0.15) is 5.10 Å². The first-order valence-electron chi connectivity index (χ1n) is 9.80. The summed E-state index contributed by atoms with van der Waals surface area (Å²) in [5.41, 5.74) is 5.45. The molecule has 4 rings (SSSR count). The van der Waals surface area contributed by atoms with E-state index in [2.05, 4.69) is 20.9 Å². The molecule has 10 heteroatoms. The largest absolute Gasteiger partial charge is 0.290 e. The number of fused-ring (bicyclic) bond motifs is 1. The zero-order valence-corrected chi connectivity index (χ0v) is 18.5. The minimum absolute atomic E-state index is 0.0480. The Morgan fingerprint density at radius 2 is 1.81 bits per heavy atom. The minimum Gasteiger partial charge on any atom is -0.267 e. The van der Waals surface area contributed by atoms with E-state index in [1.807, 2.05) is 13.0 Å². The van der Waals surface area contributed by atoms with Crippen LogP contribution in [0.15, 0.2) is 58.7 Å². The predicted octanol–water partition coefficient (Wildman–Crippen LogP) is 3.66. The Kier molecular flexibility index (Phi) is 6.29. The van der Waals surface area contributed by atoms with Crippen LogP contribution in [0.25, 0.3) is 21.3 Å². The van der Waals surface area contributed by atoms with Crippen LogP contribution in [0, 0.1) is 0 Å². The summed E-state index contributed by atoms with van der Waals surface area (Å²) in [5.74, 6) is -1.21. The van der Waals surface area contributed by atoms with Gasteiger partial charge in [0.1, 0.15) is 10.7 Å². The molecule has 4 aromatic rings. The topological polar surface area (TPSA) is 106 Å². The van der Waals surface area contributed by atoms with Gasteiger partial charge in [-0.05, 0) is 24.6 Å². The lowest BCUT2D eigenvalue weighted by Gasteiger charge is -2.11. The number of hydrazine groups is 1. The molecule has 0 fully saturated rings. The third-order valence-electron chi connectivity index (χ3n) is 4.62. The summed E-state index contributed by atoms with van der Waals surface area (Å²) >= 11 is 7.30. The van der Waals surface area contributed by atoms with Crippen LogP contribution in [-0.4, -0.2) is 26.6 Å². The van der Waals surface area contributed by atoms with E-state index in [9.17, 15) is 14.4 Å². The molecule has 2 aromatic heterocycles. The maximum atomic E-state index is 12.8. The average Bonchev–Trinajstić information content (AvgIpc) is 3.30. The first-order chi connectivity index (χ1) is 15.5. The molecule has 162 valence electrons. The molecule has 2 N–H and O–H groups in total. The standard InChI is InChI=1S/C22H18ClN5O3S/c1-2-10-28-22(31)16-9-4-3-8-15(16)18(27-28)20(30)26-25-19(29)17-12-32-21(24-17)13-6-5-7-14(23)11-13/h3-9,11-12H,2,10H2,1H3,(H,25,29)(H,26,30). The molecule has 0 saturated heterocycles. The van der Waals surface area contributed by atoms with Crippen molar-refractivity contribution in [1.29, 1.82) is 0 Å². The number of hydrogen-bond acceptors (Lipinski definition) is 6. The molecular formula is C22H18ClN5O3S. The maximum absolute atomic E-state index is 12.8. The second kappa shape index (κ2) is 9.29. The molecule has 0 aliphatic carbocycles. The number of aromatic nitrogens is 3. The van der Waals surface area contributed by atoms with Gasteiger partial charge in [0.15, 0.2) is 5.69 Å². The predicted molar refractivity (Wildman–Crippen MR) is 124 cm³/mol. The highest BCUT2D eigenvalue weighted by Gasteiger charge is 2.18. The van der Waals surface area contributed by atoms with E-state index in [0.717, 1.165) is 5.56 Å². The minimum atomic E-state index is -0.635. The highest BCUT2D eigenvalue weighted by molar-refractivity contribution is 7.13. The van der Waals surface area contributed by atoms with Crippen LogP contribution in [0.3, 0.4) is 0 Å². The number of carbonyl (C=O) groups excluding carboxylic acids is 2. The number of hydrogen-bond donors (Lipinski definition) is 2. The second-order valence-corrected chi connectivity index (χ2v) is 8.17. The van der Waals surface area contributed by atoms with Gasteiger partial charge in [0, 0.05) is 27.9 Å². The molecule has 0 aliphatic heterocycles. The molecule has 0 saturated carbocycles. The zero-order chi connectivity index (χ0) is 22.7. The van der Waals surface area contributed by atoms with Gasteiger partial charge in [0.2, 0.25) is 0 Å². The Morgan fingerprint density at radius 1 is 1.06 bits per heavy atom. The first-order valence-corrected chi connectivity index (χ1v) is 11.1. The lowest BCUT2D eigenvalue weighted by molar-refractivity contribution is 0.0841. The summed E-state index contributed by atoms with van der Waals surface area (Å²) in [5, 5.41) is 7.79. The van der Waals surface area contributed by atoms with E-state index < -0.39 is 11.8 Å². The quantitative estimate of drug-likeness (QED) is 0.436. The highest BCUT2D eigenvalue weighted by Crippen LogP contribution is 2.26. The van der Waals surface area contributed by atoms with Crippen molar-refractivity contribution in [3.8, 4) is 10.6 Å². The van der Waals surface area contributed by atoms with E-state index in [4.69, 9.17) is 11.6 Å². The Hall–Kier alpha value is -3.56. The van der Waals surface area contributed by atoms with Gasteiger partial charge >= 0.3 is 0 Å². The second-order valence-electron chi connectivity index (χ2n) is 6.88. The molecule has 0 radical (unpaired) electrons. The van der Waals surface area contributed by atoms with Gasteiger partial charge in [-0.1, -0.05) is 48.9 Å². The van der Waals surface area contributed by atoms with Crippen molar-refractivity contribution >= 4 is 45.5 Å². The number of nitrogens with zero attached hydrogens (tertiary/aromatic N) is 3. The van der Waals surface area contributed by atoms with E-state index in [-0.39, 0.29) is 16.9 Å². The van der Waals surface area contributed by atoms with E-state index in [0.29, 0.717) is 33.8 Å². The Morgan fingerprint density at radius 3 is 2.56 bits per heavy atom. The molecule has 2 aromatic carbocycles. The van der Waals surface area contributed by atoms with E-state index >= 15 is 0 Å². The Balaban J connectivity index is 1.53. The summed E-state index contributed by atoms with van der Waals surface area (Å²) in [6.07, 6.45) is 0.682. The normalized spacial score (nSPS) is 10.8. The average molecular weight is 468 g/mol. The first kappa shape index (κ1) is 21.7. The fraction of sp³-hybridized carbons (Fsp3) is 0.136. The summed E-state index contributed by atoms with van der Waals surface area (Å²) in [7, 11) is 0. The SMILES string of the molecule is CCCn1nc(C(=O)NNC(=O)c2csc(-c3cccc(Cl)c3)n2)c2ccccc2c1=O. The fourth-order valence-corrected chi connectivity index (χ4v) is 4.12. The third kappa shape index (κ3) is 4.39. The van der Waals surface area contributed by atoms with Crippen LogP contribution >= 0.6 is 22.9 Å². The summed E-state index contributed by atoms with van der Waals surface area (Å²) < 4.78 is 1.26. The van der Waals surface area contributed by atoms with E-state index in [1.165, 1.54) is 16.0 Å². The number of halogens is 1. The summed E-state index contributed by atoms with van der Waals surface area (Å²) in [6.45, 7) is 2.29. The molecule has 0 bridgehead atoms. The number of carbonyl (C=O) groups is 2. The lowest BCUT2D eigenvalue weighted by Crippen LogP contribution is -2.43. The number of thiazole rings is 1. The van der Waals surface area contributed by atoms with Crippen molar-refractivity contribution in [2.24, 2.45) is 0 Å². The number of amides is 2. The van der Waals surface area contributed by atoms with Crippen molar-refractivity contribution in [2.75, 3.05) is 0 Å². The molecule has 8 nitrogen and oxygen atoms in total. The fourth-order valence-electron chi connectivity index (χ4n) is 3.14. The van der Waals surface area contributed by atoms with Crippen LogP contribution in [0.4, 0.5) is 0 Å². The van der Waals surface area contributed by atoms with Crippen LogP contribution < -0.4 is 16.4 Å². The number of rotatable bonds is 5. The van der Waals surface area contributed by atoms with Crippen molar-refractivity contribution < 1.29 is 9.59 Å². The molecule has 0 aliphatic rings. The van der Waals surface area contributed by atoms with Crippen molar-refractivity contribution in [1.82, 2.24) is 25.6 Å². The Bertz CT molecular complexity index is 1380. The van der Waals surface area contributed by atoms with Gasteiger partial charge in [-0.25, -0.2) is 9.67 Å². The van der Waals surface area contributed by atoms with Gasteiger partial charge in [0.05, 0.1) is 5.39 Å². The number of benzene rings is 2. The molecule has 0 unspecified atom stereocenters. The maximum Gasteiger partial charge on any atom is 0.290 e. The van der Waals surface area contributed by atoms with Crippen molar-refractivity contribution in [2.45, 2.75) is 19.9 Å². The number of nitrogens with one attached hydrogen (secondary N) is 2. The van der Waals surface area contributed by atoms with Gasteiger partial charge in [0.25, 0.3) is 17.4 Å². The van der Waals surface area contributed by atoms with Crippen LogP contribution in [0.5, 0.6) is 0 Å². The van der Waals surface area contributed by atoms with Gasteiger partial charge < -0.3 is 0 Å². The van der Waals surface area contributed by atoms with Crippen LogP contribution in [0.2, 0.25) is 5.02 Å². The van der Waals surface area contributed by atoms with Crippen molar-refractivity contribution in [3.05, 3.63) is 80.7 Å². The lowest BCUT2D eigenvalue weighted by atomic mass is 10.1. The molecule has 0 atom stereocenters. The number of aryl methyl sites for hydroxylation is 1. The molecule has 32 heavy (non-hydrogen) atoms. The smallest absolute Gasteiger partial charge is 0.267 e. The molecule has 2 amide bonds. The van der Waals surface area contributed by atoms with Crippen LogP contribution in [0.1, 0.15) is 34.3 Å². The van der Waals surface area contributed by atoms with Gasteiger partial charge in [-0.15, -0.1) is 11.3 Å². The zero-order valence-electron chi connectivity index (χ0n) is 17.0. The summed E-state index contributed by atoms with van der Waals surface area (Å²) in [6, 6.07) is 13.9. The highest BCUT2D eigenvalue weighted by atomic mass is 35.5. The molecular weight excluding hydrogens is 450 g/mol. The van der Waals surface area contributed by atoms with E-state index in [1.54, 1.807) is 47.8 Å². The monoisotopic (exact) mass is 467 g/mol. The van der Waals surface area contributed by atoms with Crippen molar-refractivity contribution in [3.63, 3.8) is 0 Å². The molecule has 0 spiro atoms. The Labute approximate surface area is 191 Å². The third-order valence-corrected chi connectivity index (χ3v) is 5.74. The van der Waals surface area contributed by atoms with Gasteiger partial charge in [-0.3, -0.25) is 25.2 Å². The molecule has 2 heterocycles. The van der Waals surface area contributed by atoms with Crippen LogP contribution in [-0.2, 0) is 6.54 Å².